The predicted molar refractivity (Wildman–Crippen MR) is 52.7 cm³/mol. The van der Waals surface area contributed by atoms with Crippen LogP contribution in [-0.2, 0) is 11.2 Å². The molecule has 1 N–H and O–H groups in total. The second kappa shape index (κ2) is 4.53. The fourth-order valence-electron chi connectivity index (χ4n) is 0.876. The van der Waals surface area contributed by atoms with Gasteiger partial charge in [-0.25, -0.2) is 4.98 Å². The van der Waals surface area contributed by atoms with E-state index in [1.165, 1.54) is 6.20 Å². The van der Waals surface area contributed by atoms with Crippen molar-refractivity contribution in [3.05, 3.63) is 26.8 Å². The highest BCUT2D eigenvalue weighted by atomic mass is 79.9. The van der Waals surface area contributed by atoms with Crippen molar-refractivity contribution < 1.29 is 4.74 Å². The minimum atomic E-state index is -0.159. The van der Waals surface area contributed by atoms with Gasteiger partial charge in [0.1, 0.15) is 10.3 Å². The second-order valence-electron chi connectivity index (χ2n) is 2.76. The summed E-state index contributed by atoms with van der Waals surface area (Å²) >= 11 is 3.08. The maximum atomic E-state index is 11.1. The monoisotopic (exact) mass is 246 g/mol. The van der Waals surface area contributed by atoms with Crippen molar-refractivity contribution in [1.82, 2.24) is 9.97 Å². The molecule has 1 aromatic rings. The van der Waals surface area contributed by atoms with Gasteiger partial charge in [-0.2, -0.15) is 0 Å². The zero-order valence-corrected chi connectivity index (χ0v) is 9.09. The Morgan fingerprint density at radius 1 is 1.77 bits per heavy atom. The first-order chi connectivity index (χ1) is 6.13. The average molecular weight is 247 g/mol. The van der Waals surface area contributed by atoms with Crippen molar-refractivity contribution in [1.29, 1.82) is 0 Å². The lowest BCUT2D eigenvalue weighted by Crippen LogP contribution is -2.16. The fraction of sp³-hybridized carbons (Fsp3) is 0.500. The van der Waals surface area contributed by atoms with Crippen LogP contribution in [0.25, 0.3) is 0 Å². The molecule has 4 nitrogen and oxygen atoms in total. The molecule has 0 fully saturated rings. The molecule has 0 amide bonds. The van der Waals surface area contributed by atoms with Crippen LogP contribution in [0.15, 0.2) is 15.5 Å². The van der Waals surface area contributed by atoms with Crippen LogP contribution in [0.1, 0.15) is 12.7 Å². The van der Waals surface area contributed by atoms with E-state index >= 15 is 0 Å². The van der Waals surface area contributed by atoms with E-state index in [1.54, 1.807) is 7.11 Å². The summed E-state index contributed by atoms with van der Waals surface area (Å²) in [6.45, 7) is 1.92. The van der Waals surface area contributed by atoms with Crippen LogP contribution in [0, 0.1) is 0 Å². The summed E-state index contributed by atoms with van der Waals surface area (Å²) in [5, 5.41) is 0. The highest BCUT2D eigenvalue weighted by molar-refractivity contribution is 9.10. The van der Waals surface area contributed by atoms with Crippen molar-refractivity contribution in [2.45, 2.75) is 19.4 Å². The molecule has 0 saturated heterocycles. The summed E-state index contributed by atoms with van der Waals surface area (Å²) < 4.78 is 5.50. The Kier molecular flexibility index (Phi) is 3.62. The number of H-pyrrole nitrogens is 1. The van der Waals surface area contributed by atoms with Crippen molar-refractivity contribution in [3.8, 4) is 0 Å². The average Bonchev–Trinajstić information content (AvgIpc) is 2.11. The summed E-state index contributed by atoms with van der Waals surface area (Å²) in [7, 11) is 1.63. The molecule has 5 heteroatoms. The van der Waals surface area contributed by atoms with Gasteiger partial charge in [-0.1, -0.05) is 0 Å². The molecule has 1 atom stereocenters. The Morgan fingerprint density at radius 2 is 2.46 bits per heavy atom. The van der Waals surface area contributed by atoms with Gasteiger partial charge < -0.3 is 9.72 Å². The molecule has 0 aromatic carbocycles. The predicted octanol–water partition coefficient (Wildman–Crippen LogP) is 1.11. The summed E-state index contributed by atoms with van der Waals surface area (Å²) in [6.07, 6.45) is 2.17. The van der Waals surface area contributed by atoms with Gasteiger partial charge in [0.05, 0.1) is 6.10 Å². The Morgan fingerprint density at radius 3 is 3.00 bits per heavy atom. The standard InChI is InChI=1S/C8H11BrN2O2/c1-5(13-2)3-7-10-4-6(9)8(12)11-7/h4-5H,3H2,1-2H3,(H,10,11,12). The van der Waals surface area contributed by atoms with Crippen LogP contribution >= 0.6 is 15.9 Å². The zero-order valence-electron chi connectivity index (χ0n) is 7.50. The lowest BCUT2D eigenvalue weighted by Gasteiger charge is -2.07. The van der Waals surface area contributed by atoms with Crippen molar-refractivity contribution >= 4 is 15.9 Å². The van der Waals surface area contributed by atoms with E-state index in [1.807, 2.05) is 6.92 Å². The van der Waals surface area contributed by atoms with Crippen LogP contribution in [0.4, 0.5) is 0 Å². The van der Waals surface area contributed by atoms with Gasteiger partial charge in [-0.3, -0.25) is 4.79 Å². The van der Waals surface area contributed by atoms with Crippen molar-refractivity contribution in [2.24, 2.45) is 0 Å². The number of hydrogen-bond donors (Lipinski definition) is 1. The number of aromatic nitrogens is 2. The number of rotatable bonds is 3. The third-order valence-electron chi connectivity index (χ3n) is 1.69. The number of nitrogens with one attached hydrogen (secondary N) is 1. The Labute approximate surface area is 84.5 Å². The van der Waals surface area contributed by atoms with Gasteiger partial charge in [0.15, 0.2) is 0 Å². The van der Waals surface area contributed by atoms with Crippen LogP contribution in [0.2, 0.25) is 0 Å². The van der Waals surface area contributed by atoms with Crippen LogP contribution in [-0.4, -0.2) is 23.2 Å². The number of hydrogen-bond acceptors (Lipinski definition) is 3. The molecule has 0 bridgehead atoms. The maximum absolute atomic E-state index is 11.1. The largest absolute Gasteiger partial charge is 0.381 e. The van der Waals surface area contributed by atoms with Crippen molar-refractivity contribution in [2.75, 3.05) is 7.11 Å². The molecule has 0 aliphatic carbocycles. The first kappa shape index (κ1) is 10.4. The van der Waals surface area contributed by atoms with E-state index < -0.39 is 0 Å². The second-order valence-corrected chi connectivity index (χ2v) is 3.61. The summed E-state index contributed by atoms with van der Waals surface area (Å²) in [6, 6.07) is 0. The van der Waals surface area contributed by atoms with Crippen LogP contribution in [0.5, 0.6) is 0 Å². The highest BCUT2D eigenvalue weighted by Gasteiger charge is 2.04. The molecule has 0 saturated carbocycles. The summed E-state index contributed by atoms with van der Waals surface area (Å²) in [4.78, 5) is 17.8. The van der Waals surface area contributed by atoms with Crippen LogP contribution in [0.3, 0.4) is 0 Å². The quantitative estimate of drug-likeness (QED) is 0.870. The molecule has 1 rings (SSSR count). The summed E-state index contributed by atoms with van der Waals surface area (Å²) in [5.41, 5.74) is -0.159. The number of nitrogens with zero attached hydrogens (tertiary/aromatic N) is 1. The Bertz CT molecular complexity index is 337. The van der Waals surface area contributed by atoms with Gasteiger partial charge in [0.2, 0.25) is 0 Å². The molecule has 72 valence electrons. The Hall–Kier alpha value is -0.680. The fourth-order valence-corrected chi connectivity index (χ4v) is 1.08. The first-order valence-corrected chi connectivity index (χ1v) is 4.69. The molecule has 1 aromatic heterocycles. The number of halogens is 1. The minimum absolute atomic E-state index is 0.0596. The molecule has 0 aliphatic rings. The topological polar surface area (TPSA) is 55.0 Å². The number of aromatic amines is 1. The smallest absolute Gasteiger partial charge is 0.265 e. The minimum Gasteiger partial charge on any atom is -0.381 e. The molecule has 0 aliphatic heterocycles. The van der Waals surface area contributed by atoms with Gasteiger partial charge in [0, 0.05) is 19.7 Å². The molecule has 0 spiro atoms. The van der Waals surface area contributed by atoms with Gasteiger partial charge in [-0.05, 0) is 22.9 Å². The zero-order chi connectivity index (χ0) is 9.84. The van der Waals surface area contributed by atoms with Gasteiger partial charge in [-0.15, -0.1) is 0 Å². The Balaban J connectivity index is 2.80. The van der Waals surface area contributed by atoms with E-state index in [4.69, 9.17) is 4.74 Å². The molecule has 0 radical (unpaired) electrons. The molecule has 13 heavy (non-hydrogen) atoms. The first-order valence-electron chi connectivity index (χ1n) is 3.90. The van der Waals surface area contributed by atoms with E-state index in [2.05, 4.69) is 25.9 Å². The highest BCUT2D eigenvalue weighted by Crippen LogP contribution is 2.01. The summed E-state index contributed by atoms with van der Waals surface area (Å²) in [5.74, 6) is 0.641. The van der Waals surface area contributed by atoms with E-state index in [-0.39, 0.29) is 11.7 Å². The number of ether oxygens (including phenoxy) is 1. The van der Waals surface area contributed by atoms with E-state index in [9.17, 15) is 4.79 Å². The van der Waals surface area contributed by atoms with E-state index in [0.29, 0.717) is 16.7 Å². The SMILES string of the molecule is COC(C)Cc1ncc(Br)c(=O)[nH]1. The normalized spacial score (nSPS) is 12.8. The molecular formula is C8H11BrN2O2. The van der Waals surface area contributed by atoms with Gasteiger partial charge in [0.25, 0.3) is 5.56 Å². The lowest BCUT2D eigenvalue weighted by molar-refractivity contribution is 0.117. The third kappa shape index (κ3) is 2.93. The maximum Gasteiger partial charge on any atom is 0.265 e. The molecular weight excluding hydrogens is 236 g/mol. The lowest BCUT2D eigenvalue weighted by atomic mass is 10.3. The van der Waals surface area contributed by atoms with Crippen LogP contribution < -0.4 is 5.56 Å². The third-order valence-corrected chi connectivity index (χ3v) is 2.26. The molecule has 1 heterocycles. The van der Waals surface area contributed by atoms with Crippen molar-refractivity contribution in [3.63, 3.8) is 0 Å². The molecule has 1 unspecified atom stereocenters. The van der Waals surface area contributed by atoms with E-state index in [0.717, 1.165) is 0 Å². The van der Waals surface area contributed by atoms with Gasteiger partial charge >= 0.3 is 0 Å². The number of methoxy groups -OCH3 is 1.